The molecular weight excluding hydrogens is 202 g/mol. The molecule has 1 heterocycles. The van der Waals surface area contributed by atoms with Crippen LogP contribution in [0, 0.1) is 19.8 Å². The zero-order valence-electron chi connectivity index (χ0n) is 9.55. The monoisotopic (exact) mass is 221 g/mol. The molecule has 0 aliphatic heterocycles. The first kappa shape index (κ1) is 9.86. The van der Waals surface area contributed by atoms with Gasteiger partial charge in [-0.15, -0.1) is 11.3 Å². The molecule has 2 heteroatoms. The molecule has 3 rings (SSSR count). The molecule has 2 fully saturated rings. The summed E-state index contributed by atoms with van der Waals surface area (Å²) in [4.78, 5) is 3.02. The van der Waals surface area contributed by atoms with E-state index < -0.39 is 0 Å². The highest BCUT2D eigenvalue weighted by atomic mass is 32.1. The van der Waals surface area contributed by atoms with E-state index in [9.17, 15) is 0 Å². The number of hydrogen-bond acceptors (Lipinski definition) is 2. The minimum atomic E-state index is 0.872. The third-order valence-electron chi connectivity index (χ3n) is 3.65. The van der Waals surface area contributed by atoms with Crippen molar-refractivity contribution in [1.82, 2.24) is 5.32 Å². The molecule has 15 heavy (non-hydrogen) atoms. The molecule has 0 spiro atoms. The van der Waals surface area contributed by atoms with Crippen molar-refractivity contribution in [1.29, 1.82) is 0 Å². The summed E-state index contributed by atoms with van der Waals surface area (Å²) in [6.45, 7) is 5.75. The van der Waals surface area contributed by atoms with Gasteiger partial charge < -0.3 is 5.32 Å². The Bertz CT molecular complexity index is 365. The maximum atomic E-state index is 3.65. The second-order valence-corrected chi connectivity index (χ2v) is 6.61. The Morgan fingerprint density at radius 3 is 2.80 bits per heavy atom. The standard InChI is InChI=1S/C13H19NS/c1-8-5-12(9(2)15-8)13-6-10(13)7-14-11-3-4-11/h5,10-11,13-14H,3-4,6-7H2,1-2H3. The summed E-state index contributed by atoms with van der Waals surface area (Å²) in [7, 11) is 0. The second kappa shape index (κ2) is 3.60. The summed E-state index contributed by atoms with van der Waals surface area (Å²) >= 11 is 1.96. The summed E-state index contributed by atoms with van der Waals surface area (Å²) in [6, 6.07) is 3.28. The summed E-state index contributed by atoms with van der Waals surface area (Å²) in [6.07, 6.45) is 4.23. The lowest BCUT2D eigenvalue weighted by molar-refractivity contribution is 0.623. The Balaban J connectivity index is 1.58. The van der Waals surface area contributed by atoms with E-state index in [0.717, 1.165) is 17.9 Å². The highest BCUT2D eigenvalue weighted by Gasteiger charge is 2.40. The quantitative estimate of drug-likeness (QED) is 0.823. The molecule has 0 aromatic carbocycles. The van der Waals surface area contributed by atoms with Gasteiger partial charge in [-0.25, -0.2) is 0 Å². The summed E-state index contributed by atoms with van der Waals surface area (Å²) in [5.74, 6) is 1.81. The Labute approximate surface area is 95.9 Å². The molecule has 0 bridgehead atoms. The first-order valence-corrected chi connectivity index (χ1v) is 6.86. The van der Waals surface area contributed by atoms with Crippen LogP contribution in [0.1, 0.15) is 40.5 Å². The van der Waals surface area contributed by atoms with Crippen molar-refractivity contribution in [2.45, 2.75) is 45.1 Å². The number of aryl methyl sites for hydroxylation is 2. The maximum Gasteiger partial charge on any atom is 0.00683 e. The van der Waals surface area contributed by atoms with E-state index in [-0.39, 0.29) is 0 Å². The minimum Gasteiger partial charge on any atom is -0.314 e. The van der Waals surface area contributed by atoms with Crippen molar-refractivity contribution >= 4 is 11.3 Å². The largest absolute Gasteiger partial charge is 0.314 e. The van der Waals surface area contributed by atoms with Crippen molar-refractivity contribution in [3.05, 3.63) is 21.4 Å². The zero-order valence-corrected chi connectivity index (χ0v) is 10.4. The van der Waals surface area contributed by atoms with E-state index in [1.54, 1.807) is 10.4 Å². The van der Waals surface area contributed by atoms with Crippen LogP contribution in [0.2, 0.25) is 0 Å². The van der Waals surface area contributed by atoms with Crippen molar-refractivity contribution in [2.24, 2.45) is 5.92 Å². The highest BCUT2D eigenvalue weighted by molar-refractivity contribution is 7.12. The van der Waals surface area contributed by atoms with Crippen LogP contribution in [-0.2, 0) is 0 Å². The van der Waals surface area contributed by atoms with Crippen LogP contribution in [-0.4, -0.2) is 12.6 Å². The number of hydrogen-bond donors (Lipinski definition) is 1. The fourth-order valence-corrected chi connectivity index (χ4v) is 3.48. The number of rotatable bonds is 4. The SMILES string of the molecule is Cc1cc(C2CC2CNC2CC2)c(C)s1. The first-order chi connectivity index (χ1) is 7.24. The summed E-state index contributed by atoms with van der Waals surface area (Å²) in [5, 5.41) is 3.65. The van der Waals surface area contributed by atoms with Crippen LogP contribution in [0.3, 0.4) is 0 Å². The lowest BCUT2D eigenvalue weighted by atomic mass is 10.1. The Morgan fingerprint density at radius 1 is 1.40 bits per heavy atom. The molecule has 2 atom stereocenters. The molecule has 0 amide bonds. The van der Waals surface area contributed by atoms with Crippen molar-refractivity contribution in [3.8, 4) is 0 Å². The minimum absolute atomic E-state index is 0.872. The van der Waals surface area contributed by atoms with E-state index in [4.69, 9.17) is 0 Å². The number of nitrogens with one attached hydrogen (secondary N) is 1. The van der Waals surface area contributed by atoms with Crippen molar-refractivity contribution in [2.75, 3.05) is 6.54 Å². The number of thiophene rings is 1. The Morgan fingerprint density at radius 2 is 2.20 bits per heavy atom. The van der Waals surface area contributed by atoms with Gasteiger partial charge in [-0.3, -0.25) is 0 Å². The Kier molecular flexibility index (Phi) is 2.37. The molecule has 1 aromatic rings. The smallest absolute Gasteiger partial charge is 0.00683 e. The summed E-state index contributed by atoms with van der Waals surface area (Å²) in [5.41, 5.74) is 1.64. The van der Waals surface area contributed by atoms with E-state index in [2.05, 4.69) is 25.2 Å². The van der Waals surface area contributed by atoms with Gasteiger partial charge in [0.05, 0.1) is 0 Å². The molecule has 0 radical (unpaired) electrons. The highest BCUT2D eigenvalue weighted by Crippen LogP contribution is 2.49. The average Bonchev–Trinajstić information content (AvgIpc) is 3.07. The van der Waals surface area contributed by atoms with Gasteiger partial charge in [0.2, 0.25) is 0 Å². The van der Waals surface area contributed by atoms with Gasteiger partial charge in [0.25, 0.3) is 0 Å². The van der Waals surface area contributed by atoms with Crippen LogP contribution in [0.25, 0.3) is 0 Å². The molecule has 2 unspecified atom stereocenters. The van der Waals surface area contributed by atoms with Gasteiger partial charge in [-0.2, -0.15) is 0 Å². The fourth-order valence-electron chi connectivity index (χ4n) is 2.48. The molecule has 82 valence electrons. The molecule has 2 aliphatic carbocycles. The van der Waals surface area contributed by atoms with Gasteiger partial charge in [0, 0.05) is 15.8 Å². The van der Waals surface area contributed by atoms with E-state index in [1.807, 2.05) is 11.3 Å². The first-order valence-electron chi connectivity index (χ1n) is 6.04. The van der Waals surface area contributed by atoms with Gasteiger partial charge in [0.15, 0.2) is 0 Å². The van der Waals surface area contributed by atoms with Gasteiger partial charge in [0.1, 0.15) is 0 Å². The third-order valence-corrected chi connectivity index (χ3v) is 4.63. The lowest BCUT2D eigenvalue weighted by Crippen LogP contribution is -2.19. The lowest BCUT2D eigenvalue weighted by Gasteiger charge is -2.01. The summed E-state index contributed by atoms with van der Waals surface area (Å²) < 4.78 is 0. The van der Waals surface area contributed by atoms with E-state index in [0.29, 0.717) is 0 Å². The molecule has 0 saturated heterocycles. The van der Waals surface area contributed by atoms with Crippen molar-refractivity contribution < 1.29 is 0 Å². The van der Waals surface area contributed by atoms with Crippen molar-refractivity contribution in [3.63, 3.8) is 0 Å². The fraction of sp³-hybridized carbons (Fsp3) is 0.692. The van der Waals surface area contributed by atoms with E-state index >= 15 is 0 Å². The predicted molar refractivity (Wildman–Crippen MR) is 65.7 cm³/mol. The van der Waals surface area contributed by atoms with Crippen LogP contribution in [0.4, 0.5) is 0 Å². The molecular formula is C13H19NS. The normalized spacial score (nSPS) is 29.5. The van der Waals surface area contributed by atoms with Crippen LogP contribution in [0.15, 0.2) is 6.07 Å². The predicted octanol–water partition coefficient (Wildman–Crippen LogP) is 3.22. The molecule has 2 saturated carbocycles. The van der Waals surface area contributed by atoms with Crippen LogP contribution >= 0.6 is 11.3 Å². The van der Waals surface area contributed by atoms with Gasteiger partial charge >= 0.3 is 0 Å². The average molecular weight is 221 g/mol. The topological polar surface area (TPSA) is 12.0 Å². The zero-order chi connectivity index (χ0) is 10.4. The molecule has 2 aliphatic rings. The second-order valence-electron chi connectivity index (χ2n) is 5.15. The molecule has 1 N–H and O–H groups in total. The third kappa shape index (κ3) is 2.11. The molecule has 1 nitrogen and oxygen atoms in total. The van der Waals surface area contributed by atoms with Crippen LogP contribution in [0.5, 0.6) is 0 Å². The van der Waals surface area contributed by atoms with E-state index in [1.165, 1.54) is 30.7 Å². The van der Waals surface area contributed by atoms with Crippen LogP contribution < -0.4 is 5.32 Å². The van der Waals surface area contributed by atoms with Gasteiger partial charge in [-0.1, -0.05) is 0 Å². The maximum absolute atomic E-state index is 3.65. The molecule has 1 aromatic heterocycles. The van der Waals surface area contributed by atoms with Gasteiger partial charge in [-0.05, 0) is 63.1 Å². The Hall–Kier alpha value is -0.340.